The van der Waals surface area contributed by atoms with E-state index < -0.39 is 0 Å². The first-order valence-electron chi connectivity index (χ1n) is 2.01. The summed E-state index contributed by atoms with van der Waals surface area (Å²) < 4.78 is 0. The van der Waals surface area contributed by atoms with Crippen LogP contribution in [0.3, 0.4) is 0 Å². The fourth-order valence-corrected chi connectivity index (χ4v) is 0.231. The van der Waals surface area contributed by atoms with Crippen molar-refractivity contribution < 1.29 is 5.11 Å². The zero-order chi connectivity index (χ0) is 6.73. The minimum absolute atomic E-state index is 0.130. The average Bonchev–Trinajstić information content (AvgIpc) is 1.64. The van der Waals surface area contributed by atoms with Gasteiger partial charge in [0.15, 0.2) is 5.88 Å². The van der Waals surface area contributed by atoms with Gasteiger partial charge in [-0.15, -0.1) is 0 Å². The SMILES string of the molecule is C/C(C(N)=S)=C(/N)O. The molecule has 0 bridgehead atoms. The Hall–Kier alpha value is -0.770. The van der Waals surface area contributed by atoms with Gasteiger partial charge in [-0.2, -0.15) is 0 Å². The molecule has 0 aromatic carbocycles. The summed E-state index contributed by atoms with van der Waals surface area (Å²) in [5.74, 6) is -0.308. The molecule has 8 heavy (non-hydrogen) atoms. The first-order valence-corrected chi connectivity index (χ1v) is 2.41. The molecule has 46 valence electrons. The predicted octanol–water partition coefficient (Wildman–Crippen LogP) is 0.0207. The molecule has 3 nitrogen and oxygen atoms in total. The van der Waals surface area contributed by atoms with E-state index in [1.165, 1.54) is 0 Å². The highest BCUT2D eigenvalue weighted by molar-refractivity contribution is 7.80. The topological polar surface area (TPSA) is 72.3 Å². The smallest absolute Gasteiger partial charge is 0.187 e. The molecule has 0 aliphatic carbocycles. The average molecular weight is 132 g/mol. The van der Waals surface area contributed by atoms with Crippen LogP contribution in [-0.4, -0.2) is 10.1 Å². The van der Waals surface area contributed by atoms with Crippen LogP contribution in [0.15, 0.2) is 11.5 Å². The van der Waals surface area contributed by atoms with Crippen LogP contribution < -0.4 is 11.5 Å². The number of rotatable bonds is 1. The van der Waals surface area contributed by atoms with Crippen LogP contribution >= 0.6 is 12.2 Å². The van der Waals surface area contributed by atoms with Gasteiger partial charge in [-0.25, -0.2) is 0 Å². The minimum Gasteiger partial charge on any atom is -0.495 e. The zero-order valence-corrected chi connectivity index (χ0v) is 5.33. The van der Waals surface area contributed by atoms with E-state index >= 15 is 0 Å². The Bertz CT molecular complexity index is 137. The number of thiocarbonyl (C=S) groups is 1. The van der Waals surface area contributed by atoms with E-state index in [1.54, 1.807) is 6.92 Å². The number of aliphatic hydroxyl groups is 1. The van der Waals surface area contributed by atoms with Gasteiger partial charge in [-0.3, -0.25) is 0 Å². The number of hydrogen-bond donors (Lipinski definition) is 3. The van der Waals surface area contributed by atoms with Crippen molar-refractivity contribution in [2.24, 2.45) is 11.5 Å². The molecule has 0 saturated carbocycles. The van der Waals surface area contributed by atoms with E-state index in [4.69, 9.17) is 16.6 Å². The second-order valence-electron chi connectivity index (χ2n) is 1.37. The largest absolute Gasteiger partial charge is 0.495 e. The lowest BCUT2D eigenvalue weighted by Crippen LogP contribution is -2.14. The maximum absolute atomic E-state index is 8.48. The summed E-state index contributed by atoms with van der Waals surface area (Å²) >= 11 is 4.47. The van der Waals surface area contributed by atoms with Gasteiger partial charge in [-0.1, -0.05) is 12.2 Å². The molecule has 0 aromatic rings. The Morgan fingerprint density at radius 3 is 1.88 bits per heavy atom. The van der Waals surface area contributed by atoms with E-state index in [1.807, 2.05) is 0 Å². The van der Waals surface area contributed by atoms with Crippen molar-refractivity contribution in [3.8, 4) is 0 Å². The second kappa shape index (κ2) is 2.52. The van der Waals surface area contributed by atoms with Gasteiger partial charge in [0.1, 0.15) is 4.99 Å². The van der Waals surface area contributed by atoms with Crippen molar-refractivity contribution in [2.75, 3.05) is 0 Å². The van der Waals surface area contributed by atoms with Crippen LogP contribution in [0, 0.1) is 0 Å². The lowest BCUT2D eigenvalue weighted by Gasteiger charge is -1.95. The third kappa shape index (κ3) is 1.79. The lowest BCUT2D eigenvalue weighted by atomic mass is 10.3. The zero-order valence-electron chi connectivity index (χ0n) is 4.51. The lowest BCUT2D eigenvalue weighted by molar-refractivity contribution is 0.402. The molecular weight excluding hydrogens is 124 g/mol. The fraction of sp³-hybridized carbons (Fsp3) is 0.250. The molecule has 0 unspecified atom stereocenters. The van der Waals surface area contributed by atoms with E-state index in [-0.39, 0.29) is 10.9 Å². The van der Waals surface area contributed by atoms with E-state index in [2.05, 4.69) is 12.2 Å². The van der Waals surface area contributed by atoms with Crippen LogP contribution in [0.2, 0.25) is 0 Å². The maximum Gasteiger partial charge on any atom is 0.187 e. The summed E-state index contributed by atoms with van der Waals surface area (Å²) in [7, 11) is 0. The molecule has 0 radical (unpaired) electrons. The molecule has 5 N–H and O–H groups in total. The summed E-state index contributed by atoms with van der Waals surface area (Å²) in [6.45, 7) is 1.55. The van der Waals surface area contributed by atoms with Crippen molar-refractivity contribution >= 4 is 17.2 Å². The van der Waals surface area contributed by atoms with E-state index in [0.717, 1.165) is 0 Å². The maximum atomic E-state index is 8.48. The molecule has 0 atom stereocenters. The molecule has 0 amide bonds. The Morgan fingerprint density at radius 1 is 1.50 bits per heavy atom. The molecule has 0 spiro atoms. The third-order valence-corrected chi connectivity index (χ3v) is 1.06. The second-order valence-corrected chi connectivity index (χ2v) is 1.81. The number of hydrogen-bond acceptors (Lipinski definition) is 3. The Balaban J connectivity index is 4.23. The quantitative estimate of drug-likeness (QED) is 0.267. The van der Waals surface area contributed by atoms with Gasteiger partial charge in [0.25, 0.3) is 0 Å². The van der Waals surface area contributed by atoms with Gasteiger partial charge in [-0.05, 0) is 6.92 Å². The van der Waals surface area contributed by atoms with Crippen molar-refractivity contribution in [1.29, 1.82) is 0 Å². The van der Waals surface area contributed by atoms with Crippen molar-refractivity contribution in [3.63, 3.8) is 0 Å². The summed E-state index contributed by atoms with van der Waals surface area (Å²) in [6.07, 6.45) is 0. The van der Waals surface area contributed by atoms with Crippen molar-refractivity contribution in [3.05, 3.63) is 11.5 Å². The summed E-state index contributed by atoms with van der Waals surface area (Å²) in [5.41, 5.74) is 10.3. The van der Waals surface area contributed by atoms with Crippen LogP contribution in [0.25, 0.3) is 0 Å². The predicted molar refractivity (Wildman–Crippen MR) is 36.3 cm³/mol. The first-order chi connectivity index (χ1) is 3.55. The molecule has 0 aliphatic heterocycles. The molecular formula is C4H8N2OS. The monoisotopic (exact) mass is 132 g/mol. The molecule has 0 saturated heterocycles. The highest BCUT2D eigenvalue weighted by atomic mass is 32.1. The standard InChI is InChI=1S/C4H8N2OS/c1-2(3(5)7)4(6)8/h7H,5H2,1H3,(H2,6,8)/b3-2+. The third-order valence-electron chi connectivity index (χ3n) is 0.754. The Kier molecular flexibility index (Phi) is 2.27. The van der Waals surface area contributed by atoms with Crippen LogP contribution in [0.1, 0.15) is 6.92 Å². The van der Waals surface area contributed by atoms with Gasteiger partial charge in [0, 0.05) is 5.57 Å². The molecule has 0 aromatic heterocycles. The van der Waals surface area contributed by atoms with Gasteiger partial charge >= 0.3 is 0 Å². The molecule has 0 fully saturated rings. The van der Waals surface area contributed by atoms with Gasteiger partial charge in [0.05, 0.1) is 0 Å². The minimum atomic E-state index is -0.308. The molecule has 0 heterocycles. The van der Waals surface area contributed by atoms with E-state index in [0.29, 0.717) is 5.57 Å². The Morgan fingerprint density at radius 2 is 1.88 bits per heavy atom. The fourth-order valence-electron chi connectivity index (χ4n) is 0.126. The molecule has 0 rings (SSSR count). The summed E-state index contributed by atoms with van der Waals surface area (Å²) in [4.78, 5) is 0.130. The van der Waals surface area contributed by atoms with Crippen molar-refractivity contribution in [1.82, 2.24) is 0 Å². The molecule has 4 heteroatoms. The van der Waals surface area contributed by atoms with Crippen LogP contribution in [-0.2, 0) is 0 Å². The molecule has 0 aliphatic rings. The van der Waals surface area contributed by atoms with Gasteiger partial charge < -0.3 is 16.6 Å². The normalized spacial score (nSPS) is 12.6. The van der Waals surface area contributed by atoms with E-state index in [9.17, 15) is 0 Å². The first kappa shape index (κ1) is 7.23. The highest BCUT2D eigenvalue weighted by Crippen LogP contribution is 1.92. The summed E-state index contributed by atoms with van der Waals surface area (Å²) in [5, 5.41) is 8.48. The number of aliphatic hydroxyl groups excluding tert-OH is 1. The number of nitrogens with two attached hydrogens (primary N) is 2. The van der Waals surface area contributed by atoms with Crippen LogP contribution in [0.4, 0.5) is 0 Å². The highest BCUT2D eigenvalue weighted by Gasteiger charge is 1.95. The van der Waals surface area contributed by atoms with Crippen molar-refractivity contribution in [2.45, 2.75) is 6.92 Å². The summed E-state index contributed by atoms with van der Waals surface area (Å²) in [6, 6.07) is 0. The van der Waals surface area contributed by atoms with Gasteiger partial charge in [0.2, 0.25) is 0 Å². The Labute approximate surface area is 53.0 Å². The van der Waals surface area contributed by atoms with Crippen LogP contribution in [0.5, 0.6) is 0 Å².